The summed E-state index contributed by atoms with van der Waals surface area (Å²) >= 11 is 15.0. The molecule has 4 heteroatoms. The van der Waals surface area contributed by atoms with Crippen LogP contribution in [0.25, 0.3) is 0 Å². The summed E-state index contributed by atoms with van der Waals surface area (Å²) < 4.78 is 5.95. The molecular weight excluding hydrogens is 263 g/mol. The average molecular weight is 269 g/mol. The van der Waals surface area contributed by atoms with Crippen molar-refractivity contribution in [3.63, 3.8) is 0 Å². The van der Waals surface area contributed by atoms with Crippen molar-refractivity contribution in [2.45, 2.75) is 0 Å². The van der Waals surface area contributed by atoms with Crippen molar-refractivity contribution in [1.82, 2.24) is 0 Å². The summed E-state index contributed by atoms with van der Waals surface area (Å²) in [5.41, 5.74) is 0. The Morgan fingerprint density at radius 3 is 2.25 bits per heavy atom. The fourth-order valence-electron chi connectivity index (χ4n) is 0.769. The van der Waals surface area contributed by atoms with Crippen molar-refractivity contribution in [1.29, 1.82) is 0 Å². The molecule has 0 unspecified atom stereocenters. The van der Waals surface area contributed by atoms with Gasteiger partial charge in [0.15, 0.2) is 5.75 Å². The largest absolute Gasteiger partial charge is 0.490 e. The van der Waals surface area contributed by atoms with Crippen LogP contribution in [-0.4, -0.2) is 6.61 Å². The van der Waals surface area contributed by atoms with Crippen molar-refractivity contribution >= 4 is 39.1 Å². The monoisotopic (exact) mass is 267 g/mol. The van der Waals surface area contributed by atoms with Crippen LogP contribution in [0.4, 0.5) is 0 Å². The lowest BCUT2D eigenvalue weighted by Gasteiger charge is -2.07. The van der Waals surface area contributed by atoms with Crippen LogP contribution < -0.4 is 4.74 Å². The molecule has 65 valence electrons. The van der Waals surface area contributed by atoms with E-state index in [-0.39, 0.29) is 0 Å². The first-order valence-electron chi connectivity index (χ1n) is 3.21. The molecule has 0 aromatic heterocycles. The van der Waals surface area contributed by atoms with E-state index in [2.05, 4.69) is 22.9 Å². The lowest BCUT2D eigenvalue weighted by Crippen LogP contribution is -1.93. The molecule has 0 spiro atoms. The van der Waals surface area contributed by atoms with Gasteiger partial charge in [-0.25, -0.2) is 0 Å². The van der Waals surface area contributed by atoms with Gasteiger partial charge in [-0.3, -0.25) is 0 Å². The van der Waals surface area contributed by atoms with Gasteiger partial charge < -0.3 is 4.74 Å². The SMILES string of the molecule is [CH2]COc1c(Cl)cc(Br)cc1Cl. The van der Waals surface area contributed by atoms with Crippen molar-refractivity contribution in [2.24, 2.45) is 0 Å². The van der Waals surface area contributed by atoms with E-state index in [0.29, 0.717) is 22.4 Å². The quantitative estimate of drug-likeness (QED) is 0.789. The molecule has 0 aliphatic carbocycles. The summed E-state index contributed by atoms with van der Waals surface area (Å²) in [6.07, 6.45) is 0. The van der Waals surface area contributed by atoms with E-state index in [1.807, 2.05) is 0 Å². The summed E-state index contributed by atoms with van der Waals surface area (Å²) in [5, 5.41) is 0.969. The average Bonchev–Trinajstić information content (AvgIpc) is 1.96. The van der Waals surface area contributed by atoms with Crippen LogP contribution in [0, 0.1) is 6.92 Å². The zero-order valence-electron chi connectivity index (χ0n) is 6.11. The Morgan fingerprint density at radius 2 is 1.83 bits per heavy atom. The van der Waals surface area contributed by atoms with Gasteiger partial charge in [0.2, 0.25) is 0 Å². The molecule has 0 fully saturated rings. The van der Waals surface area contributed by atoms with Gasteiger partial charge in [-0.05, 0) is 19.1 Å². The Hall–Kier alpha value is 0.0800. The van der Waals surface area contributed by atoms with Gasteiger partial charge in [-0.15, -0.1) is 0 Å². The van der Waals surface area contributed by atoms with Crippen molar-refractivity contribution in [3.05, 3.63) is 33.6 Å². The normalized spacial score (nSPS) is 10.0. The summed E-state index contributed by atoms with van der Waals surface area (Å²) in [5.74, 6) is 0.483. The molecule has 0 bridgehead atoms. The first-order chi connectivity index (χ1) is 5.65. The van der Waals surface area contributed by atoms with E-state index in [1.165, 1.54) is 0 Å². The van der Waals surface area contributed by atoms with E-state index < -0.39 is 0 Å². The molecule has 0 atom stereocenters. The number of hydrogen-bond acceptors (Lipinski definition) is 1. The molecule has 0 saturated carbocycles. The molecule has 1 nitrogen and oxygen atoms in total. The summed E-state index contributed by atoms with van der Waals surface area (Å²) in [7, 11) is 0. The lowest BCUT2D eigenvalue weighted by atomic mass is 10.3. The van der Waals surface area contributed by atoms with Crippen LogP contribution >= 0.6 is 39.1 Å². The van der Waals surface area contributed by atoms with Gasteiger partial charge in [0.25, 0.3) is 0 Å². The van der Waals surface area contributed by atoms with Gasteiger partial charge in [-0.1, -0.05) is 39.1 Å². The van der Waals surface area contributed by atoms with Gasteiger partial charge in [0.1, 0.15) is 0 Å². The number of benzene rings is 1. The maximum atomic E-state index is 5.85. The number of hydrogen-bond donors (Lipinski definition) is 0. The Morgan fingerprint density at radius 1 is 1.33 bits per heavy atom. The predicted octanol–water partition coefficient (Wildman–Crippen LogP) is 3.97. The minimum atomic E-state index is 0.307. The Kier molecular flexibility index (Phi) is 3.69. The molecule has 1 rings (SSSR count). The maximum Gasteiger partial charge on any atom is 0.156 e. The molecule has 12 heavy (non-hydrogen) atoms. The van der Waals surface area contributed by atoms with Crippen molar-refractivity contribution < 1.29 is 4.74 Å². The minimum Gasteiger partial charge on any atom is -0.490 e. The van der Waals surface area contributed by atoms with Crippen LogP contribution in [0.3, 0.4) is 0 Å². The second kappa shape index (κ2) is 4.35. The molecule has 1 radical (unpaired) electrons. The Labute approximate surface area is 89.7 Å². The molecule has 0 amide bonds. The predicted molar refractivity (Wildman–Crippen MR) is 55.0 cm³/mol. The molecule has 0 N–H and O–H groups in total. The third-order valence-electron chi connectivity index (χ3n) is 1.21. The summed E-state index contributed by atoms with van der Waals surface area (Å²) in [6, 6.07) is 3.44. The molecule has 0 aliphatic heterocycles. The fraction of sp³-hybridized carbons (Fsp3) is 0.125. The first kappa shape index (κ1) is 10.2. The highest BCUT2D eigenvalue weighted by Crippen LogP contribution is 2.35. The first-order valence-corrected chi connectivity index (χ1v) is 4.76. The van der Waals surface area contributed by atoms with Gasteiger partial charge >= 0.3 is 0 Å². The van der Waals surface area contributed by atoms with Crippen LogP contribution in [0.1, 0.15) is 0 Å². The molecule has 0 aliphatic rings. The van der Waals surface area contributed by atoms with Crippen molar-refractivity contribution in [3.8, 4) is 5.75 Å². The van der Waals surface area contributed by atoms with E-state index in [0.717, 1.165) is 4.47 Å². The molecule has 1 aromatic rings. The van der Waals surface area contributed by atoms with E-state index in [1.54, 1.807) is 12.1 Å². The minimum absolute atomic E-state index is 0.307. The highest BCUT2D eigenvalue weighted by Gasteiger charge is 2.07. The van der Waals surface area contributed by atoms with E-state index >= 15 is 0 Å². The van der Waals surface area contributed by atoms with Crippen LogP contribution in [-0.2, 0) is 0 Å². The molecular formula is C8H6BrCl2O. The van der Waals surface area contributed by atoms with E-state index in [9.17, 15) is 0 Å². The zero-order valence-corrected chi connectivity index (χ0v) is 9.21. The van der Waals surface area contributed by atoms with Gasteiger partial charge in [-0.2, -0.15) is 0 Å². The number of ether oxygens (including phenoxy) is 1. The molecule has 0 saturated heterocycles. The summed E-state index contributed by atoms with van der Waals surface area (Å²) in [6.45, 7) is 3.84. The van der Waals surface area contributed by atoms with Gasteiger partial charge in [0.05, 0.1) is 16.7 Å². The second-order valence-electron chi connectivity index (χ2n) is 2.05. The Bertz CT molecular complexity index is 265. The third kappa shape index (κ3) is 2.28. The standard InChI is InChI=1S/C8H6BrCl2O/c1-2-12-8-6(10)3-5(9)4-7(8)11/h3-4H,1-2H2. The summed E-state index contributed by atoms with van der Waals surface area (Å²) in [4.78, 5) is 0. The third-order valence-corrected chi connectivity index (χ3v) is 2.23. The highest BCUT2D eigenvalue weighted by atomic mass is 79.9. The van der Waals surface area contributed by atoms with Gasteiger partial charge in [0, 0.05) is 4.47 Å². The van der Waals surface area contributed by atoms with E-state index in [4.69, 9.17) is 27.9 Å². The number of rotatable bonds is 2. The van der Waals surface area contributed by atoms with Crippen molar-refractivity contribution in [2.75, 3.05) is 6.61 Å². The van der Waals surface area contributed by atoms with Crippen LogP contribution in [0.15, 0.2) is 16.6 Å². The van der Waals surface area contributed by atoms with Crippen LogP contribution in [0.2, 0.25) is 10.0 Å². The fourth-order valence-corrected chi connectivity index (χ4v) is 2.09. The second-order valence-corrected chi connectivity index (χ2v) is 3.78. The smallest absolute Gasteiger partial charge is 0.156 e. The van der Waals surface area contributed by atoms with Crippen LogP contribution in [0.5, 0.6) is 5.75 Å². The maximum absolute atomic E-state index is 5.85. The topological polar surface area (TPSA) is 9.23 Å². The zero-order chi connectivity index (χ0) is 9.14. The molecule has 1 aromatic carbocycles. The Balaban J connectivity index is 3.10. The number of halogens is 3. The highest BCUT2D eigenvalue weighted by molar-refractivity contribution is 9.10. The molecule has 0 heterocycles. The lowest BCUT2D eigenvalue weighted by molar-refractivity contribution is 0.361.